The summed E-state index contributed by atoms with van der Waals surface area (Å²) < 4.78 is 0.860. The summed E-state index contributed by atoms with van der Waals surface area (Å²) in [5, 5.41) is 16.8. The molecule has 21 heavy (non-hydrogen) atoms. The molecule has 5 heteroatoms. The lowest BCUT2D eigenvalue weighted by Crippen LogP contribution is -2.59. The molecule has 1 aliphatic heterocycles. The van der Waals surface area contributed by atoms with Crippen molar-refractivity contribution in [3.63, 3.8) is 0 Å². The monoisotopic (exact) mass is 296 g/mol. The van der Waals surface area contributed by atoms with Crippen LogP contribution >= 0.6 is 0 Å². The van der Waals surface area contributed by atoms with Crippen molar-refractivity contribution in [1.82, 2.24) is 10.6 Å². The minimum absolute atomic E-state index is 0.122. The molecular formula is C16H30N3O2+. The predicted octanol–water partition coefficient (Wildman–Crippen LogP) is 2.81. The molecule has 0 unspecified atom stereocenters. The summed E-state index contributed by atoms with van der Waals surface area (Å²) in [7, 11) is 0. The van der Waals surface area contributed by atoms with E-state index in [1.165, 1.54) is 6.42 Å². The Morgan fingerprint density at radius 1 is 1.14 bits per heavy atom. The standard InChI is InChI=1S/C16H29N3O2/c1-15(2)10-13(11-16(3,4)18-15)19(21)14(20)17-12-8-6-5-7-9-12/h12,18H,5-11H2,1-4H3,(H-,17,20,21)/p+1. The molecule has 1 saturated carbocycles. The number of amides is 2. The van der Waals surface area contributed by atoms with Gasteiger partial charge in [0, 0.05) is 23.9 Å². The summed E-state index contributed by atoms with van der Waals surface area (Å²) in [4.78, 5) is 12.3. The van der Waals surface area contributed by atoms with E-state index in [1.807, 2.05) is 0 Å². The number of carbonyl (C=O) groups excluding carboxylic acids is 1. The highest BCUT2D eigenvalue weighted by molar-refractivity contribution is 5.87. The van der Waals surface area contributed by atoms with Gasteiger partial charge in [0.2, 0.25) is 0 Å². The van der Waals surface area contributed by atoms with Gasteiger partial charge in [-0.3, -0.25) is 0 Å². The second-order valence-corrected chi connectivity index (χ2v) is 7.91. The maximum atomic E-state index is 12.3. The first-order valence-electron chi connectivity index (χ1n) is 8.12. The van der Waals surface area contributed by atoms with Crippen LogP contribution < -0.4 is 10.6 Å². The van der Waals surface area contributed by atoms with Gasteiger partial charge in [-0.2, -0.15) is 4.79 Å². The molecule has 2 rings (SSSR count). The summed E-state index contributed by atoms with van der Waals surface area (Å²) >= 11 is 0. The second kappa shape index (κ2) is 5.95. The second-order valence-electron chi connectivity index (χ2n) is 7.91. The molecule has 0 bridgehead atoms. The zero-order valence-electron chi connectivity index (χ0n) is 13.8. The van der Waals surface area contributed by atoms with E-state index in [0.29, 0.717) is 12.8 Å². The number of hydrogen-bond acceptors (Lipinski definition) is 3. The molecule has 0 spiro atoms. The van der Waals surface area contributed by atoms with Crippen molar-refractivity contribution in [2.45, 2.75) is 89.8 Å². The average Bonchev–Trinajstić information content (AvgIpc) is 2.35. The minimum atomic E-state index is -0.370. The molecule has 5 nitrogen and oxygen atoms in total. The Labute approximate surface area is 127 Å². The van der Waals surface area contributed by atoms with Crippen LogP contribution in [-0.4, -0.2) is 38.8 Å². The molecular weight excluding hydrogens is 266 g/mol. The lowest BCUT2D eigenvalue weighted by molar-refractivity contribution is -0.701. The molecule has 0 aromatic carbocycles. The molecule has 2 aliphatic rings. The fourth-order valence-corrected chi connectivity index (χ4v) is 3.86. The highest BCUT2D eigenvalue weighted by Gasteiger charge is 2.40. The first kappa shape index (κ1) is 16.3. The summed E-state index contributed by atoms with van der Waals surface area (Å²) in [5.41, 5.74) is 0.545. The Hall–Kier alpha value is -1.10. The summed E-state index contributed by atoms with van der Waals surface area (Å²) in [6.07, 6.45) is 6.96. The molecule has 2 fully saturated rings. The number of hydrogen-bond donors (Lipinski definition) is 3. The Morgan fingerprint density at radius 2 is 1.67 bits per heavy atom. The first-order chi connectivity index (χ1) is 9.69. The van der Waals surface area contributed by atoms with Crippen molar-refractivity contribution in [2.75, 3.05) is 0 Å². The lowest BCUT2D eigenvalue weighted by atomic mass is 9.81. The van der Waals surface area contributed by atoms with Gasteiger partial charge in [-0.15, -0.1) is 0 Å². The largest absolute Gasteiger partial charge is 0.530 e. The van der Waals surface area contributed by atoms with E-state index in [0.717, 1.165) is 36.1 Å². The van der Waals surface area contributed by atoms with E-state index in [-0.39, 0.29) is 23.2 Å². The smallest absolute Gasteiger partial charge is 0.347 e. The maximum Gasteiger partial charge on any atom is 0.530 e. The van der Waals surface area contributed by atoms with Crippen molar-refractivity contribution in [3.8, 4) is 0 Å². The van der Waals surface area contributed by atoms with Crippen LogP contribution in [0.3, 0.4) is 0 Å². The summed E-state index contributed by atoms with van der Waals surface area (Å²) in [5.74, 6) is 0. The number of piperidine rings is 1. The van der Waals surface area contributed by atoms with Gasteiger partial charge in [-0.05, 0) is 58.1 Å². The van der Waals surface area contributed by atoms with Crippen LogP contribution in [0.25, 0.3) is 0 Å². The van der Waals surface area contributed by atoms with E-state index in [2.05, 4.69) is 38.3 Å². The van der Waals surface area contributed by atoms with Crippen molar-refractivity contribution >= 4 is 11.7 Å². The highest BCUT2D eigenvalue weighted by atomic mass is 16.5. The first-order valence-corrected chi connectivity index (χ1v) is 8.12. The summed E-state index contributed by atoms with van der Waals surface area (Å²) in [6, 6.07) is -0.158. The maximum absolute atomic E-state index is 12.3. The number of urea groups is 1. The number of nitrogens with zero attached hydrogens (tertiary/aromatic N) is 1. The normalized spacial score (nSPS) is 25.4. The number of carbonyl (C=O) groups is 1. The van der Waals surface area contributed by atoms with Crippen molar-refractivity contribution < 1.29 is 14.7 Å². The van der Waals surface area contributed by atoms with Crippen molar-refractivity contribution in [1.29, 1.82) is 0 Å². The Balaban J connectivity index is 2.08. The van der Waals surface area contributed by atoms with Crippen LogP contribution in [0.4, 0.5) is 4.79 Å². The SMILES string of the molecule is CC1(C)CC(=[N+](O)C(=O)NC2CCCCC2)CC(C)(C)N1. The van der Waals surface area contributed by atoms with Crippen LogP contribution in [0.5, 0.6) is 0 Å². The molecule has 1 saturated heterocycles. The quantitative estimate of drug-likeness (QED) is 0.302. The van der Waals surface area contributed by atoms with E-state index in [1.54, 1.807) is 0 Å². The fraction of sp³-hybridized carbons (Fsp3) is 0.875. The van der Waals surface area contributed by atoms with Crippen LogP contribution in [0.2, 0.25) is 0 Å². The van der Waals surface area contributed by atoms with Gasteiger partial charge in [0.05, 0.1) is 6.04 Å². The van der Waals surface area contributed by atoms with Gasteiger partial charge < -0.3 is 10.5 Å². The van der Waals surface area contributed by atoms with Gasteiger partial charge in [0.1, 0.15) is 5.71 Å². The number of nitrogens with one attached hydrogen (secondary N) is 2. The van der Waals surface area contributed by atoms with Gasteiger partial charge in [-0.25, -0.2) is 5.32 Å². The fourth-order valence-electron chi connectivity index (χ4n) is 3.86. The van der Waals surface area contributed by atoms with Gasteiger partial charge in [0.15, 0.2) is 0 Å². The van der Waals surface area contributed by atoms with Crippen LogP contribution in [-0.2, 0) is 0 Å². The Kier molecular flexibility index (Phi) is 4.61. The molecule has 0 radical (unpaired) electrons. The van der Waals surface area contributed by atoms with E-state index < -0.39 is 0 Å². The molecule has 0 aromatic rings. The Bertz CT molecular complexity index is 417. The molecule has 2 amide bonds. The molecule has 0 aromatic heterocycles. The van der Waals surface area contributed by atoms with Crippen molar-refractivity contribution in [3.05, 3.63) is 0 Å². The average molecular weight is 296 g/mol. The van der Waals surface area contributed by atoms with E-state index in [9.17, 15) is 10.0 Å². The van der Waals surface area contributed by atoms with E-state index in [4.69, 9.17) is 0 Å². The topological polar surface area (TPSA) is 64.4 Å². The van der Waals surface area contributed by atoms with E-state index >= 15 is 0 Å². The zero-order chi connectivity index (χ0) is 15.7. The third-order valence-corrected chi connectivity index (χ3v) is 4.39. The number of hydroxylamine groups is 1. The van der Waals surface area contributed by atoms with Crippen LogP contribution in [0, 0.1) is 0 Å². The van der Waals surface area contributed by atoms with Crippen LogP contribution in [0.15, 0.2) is 0 Å². The van der Waals surface area contributed by atoms with Gasteiger partial charge in [0.25, 0.3) is 0 Å². The lowest BCUT2D eigenvalue weighted by Gasteiger charge is -2.42. The van der Waals surface area contributed by atoms with Crippen LogP contribution in [0.1, 0.15) is 72.6 Å². The van der Waals surface area contributed by atoms with Crippen molar-refractivity contribution in [2.24, 2.45) is 0 Å². The third kappa shape index (κ3) is 4.43. The number of rotatable bonds is 1. The van der Waals surface area contributed by atoms with Gasteiger partial charge in [-0.1, -0.05) is 6.42 Å². The minimum Gasteiger partial charge on any atom is -0.347 e. The van der Waals surface area contributed by atoms with Gasteiger partial charge >= 0.3 is 6.03 Å². The highest BCUT2D eigenvalue weighted by Crippen LogP contribution is 2.26. The molecule has 1 aliphatic carbocycles. The Morgan fingerprint density at radius 3 is 2.19 bits per heavy atom. The zero-order valence-corrected chi connectivity index (χ0v) is 13.8. The molecule has 120 valence electrons. The molecule has 0 atom stereocenters. The third-order valence-electron chi connectivity index (χ3n) is 4.39. The molecule has 3 N–H and O–H groups in total. The predicted molar refractivity (Wildman–Crippen MR) is 83.0 cm³/mol. The molecule has 1 heterocycles. The summed E-state index contributed by atoms with van der Waals surface area (Å²) in [6.45, 7) is 8.39.